The van der Waals surface area contributed by atoms with Crippen molar-refractivity contribution in [2.24, 2.45) is 5.92 Å². The number of ether oxygens (including phenoxy) is 1. The minimum Gasteiger partial charge on any atom is -0.444 e. The van der Waals surface area contributed by atoms with Crippen LogP contribution in [-0.4, -0.2) is 30.0 Å². The van der Waals surface area contributed by atoms with Gasteiger partial charge in [0.05, 0.1) is 6.04 Å². The fraction of sp³-hybridized carbons (Fsp3) is 0.875. The molecule has 0 radical (unpaired) electrons. The van der Waals surface area contributed by atoms with Crippen LogP contribution in [0.2, 0.25) is 0 Å². The van der Waals surface area contributed by atoms with E-state index in [1.54, 1.807) is 0 Å². The molecule has 4 heteroatoms. The summed E-state index contributed by atoms with van der Waals surface area (Å²) < 4.78 is 5.01. The van der Waals surface area contributed by atoms with Crippen molar-refractivity contribution in [2.45, 2.75) is 32.4 Å². The fourth-order valence-corrected chi connectivity index (χ4v) is 1.42. The van der Waals surface area contributed by atoms with Gasteiger partial charge in [0.15, 0.2) is 0 Å². The Bertz CT molecular complexity index is 172. The van der Waals surface area contributed by atoms with Crippen LogP contribution in [0, 0.1) is 5.92 Å². The van der Waals surface area contributed by atoms with Crippen molar-refractivity contribution >= 4 is 6.09 Å². The van der Waals surface area contributed by atoms with Crippen molar-refractivity contribution in [1.29, 1.82) is 0 Å². The lowest BCUT2D eigenvalue weighted by Gasteiger charge is -2.19. The molecule has 0 saturated carbocycles. The Balaban J connectivity index is 2.56. The molecule has 0 spiro atoms. The van der Waals surface area contributed by atoms with E-state index in [4.69, 9.17) is 9.84 Å². The number of hydrogen-bond acceptors (Lipinski definition) is 3. The molecule has 3 unspecified atom stereocenters. The van der Waals surface area contributed by atoms with Crippen molar-refractivity contribution in [3.05, 3.63) is 0 Å². The zero-order valence-electron chi connectivity index (χ0n) is 7.41. The quantitative estimate of drug-likeness (QED) is 0.653. The van der Waals surface area contributed by atoms with Gasteiger partial charge >= 0.3 is 6.09 Å². The molecule has 2 N–H and O–H groups in total. The summed E-state index contributed by atoms with van der Waals surface area (Å²) in [4.78, 5) is 10.8. The van der Waals surface area contributed by atoms with E-state index in [0.29, 0.717) is 0 Å². The summed E-state index contributed by atoms with van der Waals surface area (Å²) >= 11 is 0. The zero-order valence-corrected chi connectivity index (χ0v) is 7.41. The highest BCUT2D eigenvalue weighted by Crippen LogP contribution is 2.19. The second kappa shape index (κ2) is 3.76. The second-order valence-electron chi connectivity index (χ2n) is 3.19. The number of hydrogen-bond donors (Lipinski definition) is 2. The van der Waals surface area contributed by atoms with E-state index in [1.807, 2.05) is 13.8 Å². The average Bonchev–Trinajstić information content (AvgIpc) is 2.45. The molecule has 1 aliphatic heterocycles. The van der Waals surface area contributed by atoms with Crippen LogP contribution in [0.5, 0.6) is 0 Å². The number of rotatable bonds is 3. The van der Waals surface area contributed by atoms with Crippen molar-refractivity contribution in [3.8, 4) is 0 Å². The molecular formula is C8H15NO3. The van der Waals surface area contributed by atoms with E-state index >= 15 is 0 Å². The summed E-state index contributed by atoms with van der Waals surface area (Å²) in [6, 6.07) is 0.0552. The highest BCUT2D eigenvalue weighted by molar-refractivity contribution is 5.70. The van der Waals surface area contributed by atoms with Gasteiger partial charge in [-0.15, -0.1) is 0 Å². The van der Waals surface area contributed by atoms with Gasteiger partial charge < -0.3 is 15.2 Å². The van der Waals surface area contributed by atoms with Gasteiger partial charge in [-0.1, -0.05) is 13.8 Å². The third-order valence-corrected chi connectivity index (χ3v) is 2.23. The summed E-state index contributed by atoms with van der Waals surface area (Å²) in [6.45, 7) is 3.90. The van der Waals surface area contributed by atoms with Gasteiger partial charge in [0.25, 0.3) is 0 Å². The Morgan fingerprint density at radius 1 is 1.75 bits per heavy atom. The van der Waals surface area contributed by atoms with Crippen LogP contribution < -0.4 is 5.32 Å². The first-order valence-corrected chi connectivity index (χ1v) is 4.27. The highest BCUT2D eigenvalue weighted by atomic mass is 16.6. The largest absolute Gasteiger partial charge is 0.444 e. The SMILES string of the molecule is CCC1NC(=O)OC1C(C)CO. The van der Waals surface area contributed by atoms with Crippen molar-refractivity contribution in [3.63, 3.8) is 0 Å². The van der Waals surface area contributed by atoms with Gasteiger partial charge in [0.1, 0.15) is 6.10 Å². The Labute approximate surface area is 71.9 Å². The van der Waals surface area contributed by atoms with Crippen LogP contribution in [0.15, 0.2) is 0 Å². The molecule has 0 aromatic carbocycles. The van der Waals surface area contributed by atoms with Crippen LogP contribution >= 0.6 is 0 Å². The maximum Gasteiger partial charge on any atom is 0.407 e. The van der Waals surface area contributed by atoms with Crippen LogP contribution in [0.25, 0.3) is 0 Å². The minimum absolute atomic E-state index is 0.00824. The van der Waals surface area contributed by atoms with Gasteiger partial charge in [0.2, 0.25) is 0 Å². The number of nitrogens with one attached hydrogen (secondary N) is 1. The minimum atomic E-state index is -0.368. The first-order chi connectivity index (χ1) is 5.69. The number of carbonyl (C=O) groups is 1. The number of aliphatic hydroxyl groups is 1. The number of cyclic esters (lactones) is 1. The van der Waals surface area contributed by atoms with E-state index in [2.05, 4.69) is 5.32 Å². The number of alkyl carbamates (subject to hydrolysis) is 1. The summed E-state index contributed by atoms with van der Waals surface area (Å²) in [7, 11) is 0. The molecule has 0 aromatic rings. The van der Waals surface area contributed by atoms with Gasteiger partial charge in [-0.2, -0.15) is 0 Å². The van der Waals surface area contributed by atoms with Crippen molar-refractivity contribution in [2.75, 3.05) is 6.61 Å². The predicted molar refractivity (Wildman–Crippen MR) is 43.7 cm³/mol. The van der Waals surface area contributed by atoms with Crippen LogP contribution in [0.1, 0.15) is 20.3 Å². The normalized spacial score (nSPS) is 31.1. The van der Waals surface area contributed by atoms with E-state index in [1.165, 1.54) is 0 Å². The third-order valence-electron chi connectivity index (χ3n) is 2.23. The zero-order chi connectivity index (χ0) is 9.14. The molecule has 4 nitrogen and oxygen atoms in total. The molecule has 70 valence electrons. The van der Waals surface area contributed by atoms with E-state index in [0.717, 1.165) is 6.42 Å². The smallest absolute Gasteiger partial charge is 0.407 e. The Morgan fingerprint density at radius 2 is 2.42 bits per heavy atom. The number of carbonyl (C=O) groups excluding carboxylic acids is 1. The summed E-state index contributed by atoms with van der Waals surface area (Å²) in [5.74, 6) is 0.00824. The van der Waals surface area contributed by atoms with Crippen molar-refractivity contribution < 1.29 is 14.6 Å². The maximum atomic E-state index is 10.8. The molecule has 1 heterocycles. The standard InChI is InChI=1S/C8H15NO3/c1-3-6-7(5(2)4-10)12-8(11)9-6/h5-7,10H,3-4H2,1-2H3,(H,9,11). The summed E-state index contributed by atoms with van der Waals surface area (Å²) in [5.41, 5.74) is 0. The van der Waals surface area contributed by atoms with E-state index < -0.39 is 0 Å². The molecule has 1 amide bonds. The van der Waals surface area contributed by atoms with E-state index in [9.17, 15) is 4.79 Å². The lowest BCUT2D eigenvalue weighted by molar-refractivity contribution is 0.0682. The molecule has 1 saturated heterocycles. The van der Waals surface area contributed by atoms with Gasteiger partial charge in [-0.3, -0.25) is 0 Å². The topological polar surface area (TPSA) is 58.6 Å². The second-order valence-corrected chi connectivity index (χ2v) is 3.19. The molecule has 12 heavy (non-hydrogen) atoms. The molecule has 1 fully saturated rings. The first-order valence-electron chi connectivity index (χ1n) is 4.27. The number of aliphatic hydroxyl groups excluding tert-OH is 1. The van der Waals surface area contributed by atoms with Crippen LogP contribution in [0.4, 0.5) is 4.79 Å². The molecule has 0 aliphatic carbocycles. The molecular weight excluding hydrogens is 158 g/mol. The maximum absolute atomic E-state index is 10.8. The Morgan fingerprint density at radius 3 is 2.92 bits per heavy atom. The highest BCUT2D eigenvalue weighted by Gasteiger charge is 2.36. The first kappa shape index (κ1) is 9.32. The summed E-state index contributed by atoms with van der Waals surface area (Å²) in [6.07, 6.45) is 0.292. The summed E-state index contributed by atoms with van der Waals surface area (Å²) in [5, 5.41) is 11.6. The van der Waals surface area contributed by atoms with Crippen molar-refractivity contribution in [1.82, 2.24) is 5.32 Å². The van der Waals surface area contributed by atoms with Crippen LogP contribution in [0.3, 0.4) is 0 Å². The monoisotopic (exact) mass is 173 g/mol. The molecule has 3 atom stereocenters. The lowest BCUT2D eigenvalue weighted by Crippen LogP contribution is -2.35. The Hall–Kier alpha value is -0.770. The van der Waals surface area contributed by atoms with Crippen LogP contribution in [-0.2, 0) is 4.74 Å². The van der Waals surface area contributed by atoms with Gasteiger partial charge in [-0.05, 0) is 6.42 Å². The fourth-order valence-electron chi connectivity index (χ4n) is 1.42. The third kappa shape index (κ3) is 1.69. The van der Waals surface area contributed by atoms with E-state index in [-0.39, 0.29) is 30.8 Å². The number of amides is 1. The Kier molecular flexibility index (Phi) is 2.92. The van der Waals surface area contributed by atoms with Gasteiger partial charge in [0, 0.05) is 12.5 Å². The lowest BCUT2D eigenvalue weighted by atomic mass is 9.98. The molecule has 0 aromatic heterocycles. The molecule has 1 rings (SSSR count). The predicted octanol–water partition coefficient (Wildman–Crippen LogP) is 0.502. The van der Waals surface area contributed by atoms with Gasteiger partial charge in [-0.25, -0.2) is 4.79 Å². The molecule has 0 bridgehead atoms. The average molecular weight is 173 g/mol. The molecule has 1 aliphatic rings.